The van der Waals surface area contributed by atoms with Gasteiger partial charge >= 0.3 is 0 Å². The highest BCUT2D eigenvalue weighted by molar-refractivity contribution is 6.31. The Kier molecular flexibility index (Phi) is 3.79. The van der Waals surface area contributed by atoms with Crippen LogP contribution in [-0.4, -0.2) is 0 Å². The minimum Gasteiger partial charge on any atom is -0.271 e. The van der Waals surface area contributed by atoms with Gasteiger partial charge in [0.05, 0.1) is 11.1 Å². The van der Waals surface area contributed by atoms with Crippen LogP contribution in [0, 0.1) is 11.7 Å². The predicted octanol–water partition coefficient (Wildman–Crippen LogP) is 3.17. The van der Waals surface area contributed by atoms with Gasteiger partial charge in [0.25, 0.3) is 0 Å². The molecule has 2 rings (SSSR count). The maximum Gasteiger partial charge on any atom is 0.142 e. The maximum absolute atomic E-state index is 13.4. The Balaban J connectivity index is 2.28. The van der Waals surface area contributed by atoms with Gasteiger partial charge in [0.1, 0.15) is 5.82 Å². The lowest BCUT2D eigenvalue weighted by molar-refractivity contribution is 0.372. The minimum absolute atomic E-state index is 0.0364. The van der Waals surface area contributed by atoms with Gasteiger partial charge in [-0.3, -0.25) is 11.3 Å². The molecule has 4 heteroatoms. The largest absolute Gasteiger partial charge is 0.271 e. The number of hydrogen-bond acceptors (Lipinski definition) is 2. The van der Waals surface area contributed by atoms with Crippen LogP contribution in [-0.2, 0) is 0 Å². The Morgan fingerprint density at radius 2 is 2.06 bits per heavy atom. The molecule has 0 amide bonds. The fraction of sp³-hybridized carbons (Fsp3) is 0.500. The molecule has 1 aliphatic rings. The molecule has 3 N–H and O–H groups in total. The van der Waals surface area contributed by atoms with Crippen molar-refractivity contribution in [3.05, 3.63) is 34.6 Å². The van der Waals surface area contributed by atoms with Crippen LogP contribution in [0.1, 0.15) is 37.3 Å². The first-order chi connectivity index (χ1) is 7.74. The van der Waals surface area contributed by atoms with E-state index in [0.717, 1.165) is 18.4 Å². The Morgan fingerprint density at radius 3 is 2.69 bits per heavy atom. The fourth-order valence-electron chi connectivity index (χ4n) is 2.53. The van der Waals surface area contributed by atoms with Gasteiger partial charge in [-0.25, -0.2) is 4.39 Å². The molecule has 16 heavy (non-hydrogen) atoms. The van der Waals surface area contributed by atoms with E-state index in [9.17, 15) is 4.39 Å². The van der Waals surface area contributed by atoms with Crippen molar-refractivity contribution in [2.45, 2.75) is 31.7 Å². The van der Waals surface area contributed by atoms with Crippen LogP contribution in [0.2, 0.25) is 5.02 Å². The lowest BCUT2D eigenvalue weighted by Crippen LogP contribution is -2.33. The van der Waals surface area contributed by atoms with Gasteiger partial charge in [-0.15, -0.1) is 0 Å². The van der Waals surface area contributed by atoms with E-state index in [0.29, 0.717) is 5.92 Å². The van der Waals surface area contributed by atoms with Crippen molar-refractivity contribution < 1.29 is 4.39 Å². The molecule has 0 saturated heterocycles. The molecular formula is C12H16ClFN2. The fourth-order valence-corrected chi connectivity index (χ4v) is 2.77. The van der Waals surface area contributed by atoms with Crippen LogP contribution in [0.3, 0.4) is 0 Å². The third-order valence-electron chi connectivity index (χ3n) is 3.37. The van der Waals surface area contributed by atoms with E-state index in [4.69, 9.17) is 17.4 Å². The van der Waals surface area contributed by atoms with Crippen molar-refractivity contribution in [3.8, 4) is 0 Å². The van der Waals surface area contributed by atoms with Crippen LogP contribution < -0.4 is 11.3 Å². The molecular weight excluding hydrogens is 227 g/mol. The number of hydrogen-bond donors (Lipinski definition) is 2. The summed E-state index contributed by atoms with van der Waals surface area (Å²) < 4.78 is 13.4. The van der Waals surface area contributed by atoms with E-state index in [2.05, 4.69) is 5.43 Å². The topological polar surface area (TPSA) is 38.0 Å². The summed E-state index contributed by atoms with van der Waals surface area (Å²) in [6.07, 6.45) is 4.69. The van der Waals surface area contributed by atoms with Crippen molar-refractivity contribution >= 4 is 11.6 Å². The molecule has 0 spiro atoms. The molecule has 0 aliphatic heterocycles. The number of nitrogens with one attached hydrogen (secondary N) is 1. The second kappa shape index (κ2) is 5.13. The third-order valence-corrected chi connectivity index (χ3v) is 3.77. The molecule has 0 heterocycles. The van der Waals surface area contributed by atoms with Crippen LogP contribution in [0.5, 0.6) is 0 Å². The van der Waals surface area contributed by atoms with E-state index in [1.165, 1.54) is 18.9 Å². The summed E-state index contributed by atoms with van der Waals surface area (Å²) in [5.74, 6) is 5.66. The highest BCUT2D eigenvalue weighted by Crippen LogP contribution is 2.38. The van der Waals surface area contributed by atoms with Crippen molar-refractivity contribution in [1.82, 2.24) is 5.43 Å². The van der Waals surface area contributed by atoms with E-state index in [1.807, 2.05) is 6.07 Å². The number of rotatable bonds is 3. The molecule has 1 fully saturated rings. The van der Waals surface area contributed by atoms with Gasteiger partial charge < -0.3 is 0 Å². The van der Waals surface area contributed by atoms with Gasteiger partial charge in [0.15, 0.2) is 0 Å². The van der Waals surface area contributed by atoms with Crippen LogP contribution in [0.4, 0.5) is 4.39 Å². The number of halogens is 2. The van der Waals surface area contributed by atoms with E-state index in [1.54, 1.807) is 6.07 Å². The smallest absolute Gasteiger partial charge is 0.142 e. The highest BCUT2D eigenvalue weighted by Gasteiger charge is 2.27. The lowest BCUT2D eigenvalue weighted by atomic mass is 9.92. The third kappa shape index (κ3) is 2.21. The SMILES string of the molecule is NNC(c1cccc(F)c1Cl)C1CCCC1. The summed E-state index contributed by atoms with van der Waals surface area (Å²) in [7, 11) is 0. The second-order valence-corrected chi connectivity index (χ2v) is 4.71. The molecule has 1 saturated carbocycles. The molecule has 1 unspecified atom stereocenters. The number of benzene rings is 1. The summed E-state index contributed by atoms with van der Waals surface area (Å²) in [6, 6.07) is 4.85. The van der Waals surface area contributed by atoms with E-state index < -0.39 is 0 Å². The zero-order valence-electron chi connectivity index (χ0n) is 9.05. The minimum atomic E-state index is -0.377. The maximum atomic E-state index is 13.4. The molecule has 0 bridgehead atoms. The normalized spacial score (nSPS) is 18.9. The molecule has 88 valence electrons. The molecule has 1 atom stereocenters. The van der Waals surface area contributed by atoms with Crippen LogP contribution in [0.15, 0.2) is 18.2 Å². The van der Waals surface area contributed by atoms with Crippen LogP contribution in [0.25, 0.3) is 0 Å². The zero-order chi connectivity index (χ0) is 11.5. The summed E-state index contributed by atoms with van der Waals surface area (Å²) >= 11 is 5.97. The first-order valence-corrected chi connectivity index (χ1v) is 6.02. The van der Waals surface area contributed by atoms with Crippen molar-refractivity contribution in [3.63, 3.8) is 0 Å². The van der Waals surface area contributed by atoms with Crippen molar-refractivity contribution in [2.75, 3.05) is 0 Å². The molecule has 1 aromatic rings. The van der Waals surface area contributed by atoms with Gasteiger partial charge in [0, 0.05) is 0 Å². The average Bonchev–Trinajstić information content (AvgIpc) is 2.79. The zero-order valence-corrected chi connectivity index (χ0v) is 9.80. The van der Waals surface area contributed by atoms with Gasteiger partial charge in [-0.1, -0.05) is 36.6 Å². The summed E-state index contributed by atoms with van der Waals surface area (Å²) in [5.41, 5.74) is 3.55. The molecule has 0 aromatic heterocycles. The standard InChI is InChI=1S/C12H16ClFN2/c13-11-9(6-3-7-10(11)14)12(16-15)8-4-1-2-5-8/h3,6-8,12,16H,1-2,4-5,15H2. The van der Waals surface area contributed by atoms with E-state index in [-0.39, 0.29) is 16.9 Å². The van der Waals surface area contributed by atoms with E-state index >= 15 is 0 Å². The summed E-state index contributed by atoms with van der Waals surface area (Å²) in [5, 5.41) is 0.192. The Labute approximate surface area is 99.9 Å². The summed E-state index contributed by atoms with van der Waals surface area (Å²) in [6.45, 7) is 0. The Bertz CT molecular complexity index is 364. The number of hydrazine groups is 1. The molecule has 1 aromatic carbocycles. The van der Waals surface area contributed by atoms with Gasteiger partial charge in [0.2, 0.25) is 0 Å². The molecule has 1 aliphatic carbocycles. The second-order valence-electron chi connectivity index (χ2n) is 4.33. The van der Waals surface area contributed by atoms with Gasteiger partial charge in [-0.05, 0) is 30.4 Å². The first-order valence-electron chi connectivity index (χ1n) is 5.64. The lowest BCUT2D eigenvalue weighted by Gasteiger charge is -2.24. The summed E-state index contributed by atoms with van der Waals surface area (Å²) in [4.78, 5) is 0. The van der Waals surface area contributed by atoms with Gasteiger partial charge in [-0.2, -0.15) is 0 Å². The predicted molar refractivity (Wildman–Crippen MR) is 63.4 cm³/mol. The Morgan fingerprint density at radius 1 is 1.38 bits per heavy atom. The van der Waals surface area contributed by atoms with Crippen molar-refractivity contribution in [1.29, 1.82) is 0 Å². The molecule has 0 radical (unpaired) electrons. The highest BCUT2D eigenvalue weighted by atomic mass is 35.5. The first kappa shape index (κ1) is 11.8. The monoisotopic (exact) mass is 242 g/mol. The quantitative estimate of drug-likeness (QED) is 0.631. The Hall–Kier alpha value is -0.640. The average molecular weight is 243 g/mol. The molecule has 2 nitrogen and oxygen atoms in total. The van der Waals surface area contributed by atoms with Crippen LogP contribution >= 0.6 is 11.6 Å². The van der Waals surface area contributed by atoms with Crippen molar-refractivity contribution in [2.24, 2.45) is 11.8 Å². The number of nitrogens with two attached hydrogens (primary N) is 1.